The number of likely N-dealkylation sites (tertiary alicyclic amines) is 1. The zero-order chi connectivity index (χ0) is 8.32. The Morgan fingerprint density at radius 2 is 2.45 bits per heavy atom. The molecule has 3 nitrogen and oxygen atoms in total. The monoisotopic (exact) mass is 154 g/mol. The van der Waals surface area contributed by atoms with Crippen LogP contribution < -0.4 is 0 Å². The summed E-state index contributed by atoms with van der Waals surface area (Å²) in [7, 11) is 1.99. The molecule has 11 heavy (non-hydrogen) atoms. The fourth-order valence-corrected chi connectivity index (χ4v) is 1.59. The number of likely N-dealkylation sites (N-methyl/N-ethyl adjacent to an activating group) is 1. The molecule has 0 radical (unpaired) electrons. The van der Waals surface area contributed by atoms with E-state index >= 15 is 0 Å². The lowest BCUT2D eigenvalue weighted by Crippen LogP contribution is -2.46. The largest absolute Gasteiger partial charge is 0.388 e. The van der Waals surface area contributed by atoms with Crippen LogP contribution in [0, 0.1) is 6.57 Å². The minimum Gasteiger partial charge on any atom is -0.388 e. The molecule has 0 bridgehead atoms. The number of hydrogen-bond donors (Lipinski definition) is 1. The summed E-state index contributed by atoms with van der Waals surface area (Å²) in [4.78, 5) is 5.62. The molecule has 0 aliphatic carbocycles. The van der Waals surface area contributed by atoms with Crippen molar-refractivity contribution in [1.82, 2.24) is 4.90 Å². The number of aliphatic hydroxyl groups is 1. The lowest BCUT2D eigenvalue weighted by atomic mass is 9.91. The quantitative estimate of drug-likeness (QED) is 0.552. The Kier molecular flexibility index (Phi) is 2.48. The van der Waals surface area contributed by atoms with Crippen molar-refractivity contribution < 1.29 is 5.11 Å². The van der Waals surface area contributed by atoms with Gasteiger partial charge in [-0.1, -0.05) is 0 Å². The maximum absolute atomic E-state index is 9.02. The average molecular weight is 154 g/mol. The standard InChI is InChI=1S/C8H14N2O/c1-9-8(7-11)4-3-5-10(2)6-8/h11H,3-7H2,2H3. The molecule has 62 valence electrons. The summed E-state index contributed by atoms with van der Waals surface area (Å²) in [6, 6.07) is 0. The normalized spacial score (nSPS) is 33.2. The molecule has 1 fully saturated rings. The van der Waals surface area contributed by atoms with Crippen molar-refractivity contribution in [1.29, 1.82) is 0 Å². The predicted octanol–water partition coefficient (Wildman–Crippen LogP) is 0.362. The Balaban J connectivity index is 2.62. The summed E-state index contributed by atoms with van der Waals surface area (Å²) in [5, 5.41) is 9.02. The third-order valence-corrected chi connectivity index (χ3v) is 2.28. The number of hydrogen-bond acceptors (Lipinski definition) is 2. The topological polar surface area (TPSA) is 27.8 Å². The zero-order valence-corrected chi connectivity index (χ0v) is 6.88. The summed E-state index contributed by atoms with van der Waals surface area (Å²) in [6.07, 6.45) is 1.87. The summed E-state index contributed by atoms with van der Waals surface area (Å²) in [6.45, 7) is 8.74. The average Bonchev–Trinajstić information content (AvgIpc) is 2.04. The van der Waals surface area contributed by atoms with Crippen molar-refractivity contribution in [2.24, 2.45) is 0 Å². The first-order valence-electron chi connectivity index (χ1n) is 3.90. The highest BCUT2D eigenvalue weighted by atomic mass is 16.3. The highest BCUT2D eigenvalue weighted by Gasteiger charge is 2.39. The molecule has 0 aromatic carbocycles. The van der Waals surface area contributed by atoms with Gasteiger partial charge in [-0.15, -0.1) is 0 Å². The van der Waals surface area contributed by atoms with Crippen molar-refractivity contribution in [2.75, 3.05) is 26.7 Å². The zero-order valence-electron chi connectivity index (χ0n) is 6.88. The number of nitrogens with zero attached hydrogens (tertiary/aromatic N) is 2. The van der Waals surface area contributed by atoms with Crippen LogP contribution in [0.5, 0.6) is 0 Å². The van der Waals surface area contributed by atoms with Crippen molar-refractivity contribution >= 4 is 0 Å². The minimum atomic E-state index is -0.493. The van der Waals surface area contributed by atoms with Crippen LogP contribution in [0.25, 0.3) is 4.85 Å². The van der Waals surface area contributed by atoms with E-state index in [0.29, 0.717) is 6.54 Å². The van der Waals surface area contributed by atoms with Crippen LogP contribution in [0.3, 0.4) is 0 Å². The molecule has 1 aliphatic rings. The SMILES string of the molecule is [C-]#[N+]C1(CO)CCCN(C)C1. The third-order valence-electron chi connectivity index (χ3n) is 2.28. The van der Waals surface area contributed by atoms with Crippen molar-refractivity contribution in [3.63, 3.8) is 0 Å². The first-order chi connectivity index (χ1) is 5.22. The van der Waals surface area contributed by atoms with Crippen LogP contribution in [-0.2, 0) is 0 Å². The smallest absolute Gasteiger partial charge is 0.267 e. The van der Waals surface area contributed by atoms with Crippen molar-refractivity contribution in [3.05, 3.63) is 11.4 Å². The highest BCUT2D eigenvalue weighted by molar-refractivity contribution is 5.02. The molecule has 0 aromatic rings. The fraction of sp³-hybridized carbons (Fsp3) is 0.875. The molecule has 1 heterocycles. The van der Waals surface area contributed by atoms with E-state index < -0.39 is 5.54 Å². The molecule has 0 amide bonds. The van der Waals surface area contributed by atoms with E-state index in [4.69, 9.17) is 11.7 Å². The summed E-state index contributed by atoms with van der Waals surface area (Å²) < 4.78 is 0. The Morgan fingerprint density at radius 3 is 2.82 bits per heavy atom. The highest BCUT2D eigenvalue weighted by Crippen LogP contribution is 2.23. The lowest BCUT2D eigenvalue weighted by Gasteiger charge is -2.30. The fourth-order valence-electron chi connectivity index (χ4n) is 1.59. The van der Waals surface area contributed by atoms with Gasteiger partial charge in [0.1, 0.15) is 6.61 Å². The second-order valence-corrected chi connectivity index (χ2v) is 3.34. The van der Waals surface area contributed by atoms with E-state index in [0.717, 1.165) is 19.4 Å². The van der Waals surface area contributed by atoms with Gasteiger partial charge in [0.25, 0.3) is 5.54 Å². The van der Waals surface area contributed by atoms with Crippen LogP contribution in [0.4, 0.5) is 0 Å². The molecule has 1 N–H and O–H groups in total. The maximum Gasteiger partial charge on any atom is 0.267 e. The Hall–Kier alpha value is -0.590. The van der Waals surface area contributed by atoms with Gasteiger partial charge >= 0.3 is 0 Å². The molecule has 1 rings (SSSR count). The molecule has 1 saturated heterocycles. The summed E-state index contributed by atoms with van der Waals surface area (Å²) in [5.74, 6) is 0. The Labute approximate surface area is 67.4 Å². The molecule has 0 spiro atoms. The number of piperidine rings is 1. The molecule has 0 saturated carbocycles. The summed E-state index contributed by atoms with van der Waals surface area (Å²) in [5.41, 5.74) is -0.493. The first-order valence-corrected chi connectivity index (χ1v) is 3.90. The molecule has 1 unspecified atom stereocenters. The molecule has 1 atom stereocenters. The second kappa shape index (κ2) is 3.21. The predicted molar refractivity (Wildman–Crippen MR) is 43.1 cm³/mol. The van der Waals surface area contributed by atoms with Crippen LogP contribution in [0.15, 0.2) is 0 Å². The van der Waals surface area contributed by atoms with E-state index in [1.807, 2.05) is 7.05 Å². The number of rotatable bonds is 1. The molecule has 0 aromatic heterocycles. The van der Waals surface area contributed by atoms with Crippen LogP contribution in [0.1, 0.15) is 12.8 Å². The number of aliphatic hydroxyl groups excluding tert-OH is 1. The molecule has 1 aliphatic heterocycles. The molecule has 3 heteroatoms. The van der Waals surface area contributed by atoms with Gasteiger partial charge in [-0.05, 0) is 20.0 Å². The molecular formula is C8H14N2O. The van der Waals surface area contributed by atoms with E-state index in [1.165, 1.54) is 0 Å². The third kappa shape index (κ3) is 1.70. The van der Waals surface area contributed by atoms with Crippen LogP contribution in [-0.4, -0.2) is 42.3 Å². The maximum atomic E-state index is 9.02. The van der Waals surface area contributed by atoms with Crippen molar-refractivity contribution in [2.45, 2.75) is 18.4 Å². The first kappa shape index (κ1) is 8.51. The van der Waals surface area contributed by atoms with Gasteiger partial charge in [0.15, 0.2) is 0 Å². The van der Waals surface area contributed by atoms with E-state index in [-0.39, 0.29) is 6.61 Å². The van der Waals surface area contributed by atoms with Gasteiger partial charge in [0.2, 0.25) is 0 Å². The Bertz CT molecular complexity index is 175. The van der Waals surface area contributed by atoms with E-state index in [9.17, 15) is 0 Å². The van der Waals surface area contributed by atoms with Gasteiger partial charge in [-0.25, -0.2) is 6.57 Å². The van der Waals surface area contributed by atoms with E-state index in [2.05, 4.69) is 9.74 Å². The Morgan fingerprint density at radius 1 is 1.73 bits per heavy atom. The minimum absolute atomic E-state index is 0.000833. The van der Waals surface area contributed by atoms with Crippen LogP contribution >= 0.6 is 0 Å². The van der Waals surface area contributed by atoms with Gasteiger partial charge < -0.3 is 9.95 Å². The lowest BCUT2D eigenvalue weighted by molar-refractivity contribution is 0.135. The van der Waals surface area contributed by atoms with Gasteiger partial charge in [-0.2, -0.15) is 0 Å². The van der Waals surface area contributed by atoms with E-state index in [1.54, 1.807) is 0 Å². The van der Waals surface area contributed by atoms with Crippen LogP contribution in [0.2, 0.25) is 0 Å². The van der Waals surface area contributed by atoms with Gasteiger partial charge in [0, 0.05) is 6.42 Å². The van der Waals surface area contributed by atoms with Gasteiger partial charge in [0.05, 0.1) is 6.54 Å². The van der Waals surface area contributed by atoms with Gasteiger partial charge in [-0.3, -0.25) is 4.90 Å². The summed E-state index contributed by atoms with van der Waals surface area (Å²) >= 11 is 0. The second-order valence-electron chi connectivity index (χ2n) is 3.34. The molecular weight excluding hydrogens is 140 g/mol. The van der Waals surface area contributed by atoms with Crippen molar-refractivity contribution in [3.8, 4) is 0 Å².